The van der Waals surface area contributed by atoms with Gasteiger partial charge in [0, 0.05) is 26.7 Å². The molecule has 20 heavy (non-hydrogen) atoms. The van der Waals surface area contributed by atoms with Gasteiger partial charge >= 0.3 is 0 Å². The van der Waals surface area contributed by atoms with E-state index in [1.54, 1.807) is 0 Å². The summed E-state index contributed by atoms with van der Waals surface area (Å²) in [5, 5.41) is 4.27. The molecule has 1 rings (SSSR count). The van der Waals surface area contributed by atoms with Gasteiger partial charge in [0.1, 0.15) is 0 Å². The summed E-state index contributed by atoms with van der Waals surface area (Å²) in [7, 11) is 2.06. The second-order valence-corrected chi connectivity index (χ2v) is 5.80. The third-order valence-electron chi connectivity index (χ3n) is 3.10. The van der Waals surface area contributed by atoms with E-state index < -0.39 is 0 Å². The zero-order valence-corrected chi connectivity index (χ0v) is 13.8. The van der Waals surface area contributed by atoms with E-state index in [1.165, 1.54) is 5.56 Å². The predicted molar refractivity (Wildman–Crippen MR) is 87.8 cm³/mol. The maximum Gasteiger partial charge on any atom is 0.0642 e. The van der Waals surface area contributed by atoms with Crippen LogP contribution in [0.4, 0.5) is 5.69 Å². The molecule has 1 aromatic rings. The van der Waals surface area contributed by atoms with Crippen LogP contribution in [-0.4, -0.2) is 33.4 Å². The van der Waals surface area contributed by atoms with Crippen molar-refractivity contribution in [2.45, 2.75) is 27.3 Å². The van der Waals surface area contributed by atoms with Crippen LogP contribution in [0.1, 0.15) is 26.3 Å². The molecule has 0 amide bonds. The summed E-state index contributed by atoms with van der Waals surface area (Å²) < 4.78 is 5.42. The van der Waals surface area contributed by atoms with Crippen molar-refractivity contribution in [1.82, 2.24) is 5.32 Å². The quantitative estimate of drug-likeness (QED) is 0.706. The highest BCUT2D eigenvalue weighted by Gasteiger charge is 2.11. The number of ether oxygens (including phenoxy) is 1. The van der Waals surface area contributed by atoms with Crippen molar-refractivity contribution in [3.8, 4) is 0 Å². The van der Waals surface area contributed by atoms with E-state index in [9.17, 15) is 0 Å². The highest BCUT2D eigenvalue weighted by Crippen LogP contribution is 2.29. The molecule has 0 heterocycles. The van der Waals surface area contributed by atoms with Crippen LogP contribution in [0.25, 0.3) is 0 Å². The van der Waals surface area contributed by atoms with Gasteiger partial charge in [0.15, 0.2) is 0 Å². The number of nitrogens with one attached hydrogen (secondary N) is 1. The molecular formula is C16H27ClN2O. The van der Waals surface area contributed by atoms with E-state index in [0.29, 0.717) is 5.92 Å². The number of para-hydroxylation sites is 1. The lowest BCUT2D eigenvalue weighted by Crippen LogP contribution is -2.26. The zero-order valence-electron chi connectivity index (χ0n) is 13.1. The molecule has 0 unspecified atom stereocenters. The molecule has 0 radical (unpaired) electrons. The average molecular weight is 299 g/mol. The first-order chi connectivity index (χ1) is 9.56. The minimum absolute atomic E-state index is 0.647. The summed E-state index contributed by atoms with van der Waals surface area (Å²) in [6, 6.07) is 6.08. The van der Waals surface area contributed by atoms with Crippen LogP contribution in [0.2, 0.25) is 5.02 Å². The number of anilines is 1. The van der Waals surface area contributed by atoms with E-state index in [4.69, 9.17) is 16.3 Å². The van der Waals surface area contributed by atoms with Gasteiger partial charge in [0.2, 0.25) is 0 Å². The Morgan fingerprint density at radius 2 is 2.10 bits per heavy atom. The van der Waals surface area contributed by atoms with Crippen molar-refractivity contribution >= 4 is 17.3 Å². The van der Waals surface area contributed by atoms with Gasteiger partial charge in [-0.15, -0.1) is 0 Å². The Bertz CT molecular complexity index is 396. The third kappa shape index (κ3) is 5.70. The first-order valence-electron chi connectivity index (χ1n) is 7.33. The van der Waals surface area contributed by atoms with Gasteiger partial charge in [-0.3, -0.25) is 0 Å². The minimum atomic E-state index is 0.647. The molecule has 0 saturated heterocycles. The highest BCUT2D eigenvalue weighted by molar-refractivity contribution is 6.33. The van der Waals surface area contributed by atoms with Gasteiger partial charge in [-0.1, -0.05) is 37.6 Å². The monoisotopic (exact) mass is 298 g/mol. The lowest BCUT2D eigenvalue weighted by Gasteiger charge is -2.24. The number of halogens is 1. The van der Waals surface area contributed by atoms with E-state index >= 15 is 0 Å². The van der Waals surface area contributed by atoms with Gasteiger partial charge in [-0.05, 0) is 31.0 Å². The number of hydrogen-bond donors (Lipinski definition) is 1. The maximum absolute atomic E-state index is 6.37. The van der Waals surface area contributed by atoms with Crippen LogP contribution in [-0.2, 0) is 11.3 Å². The lowest BCUT2D eigenvalue weighted by molar-refractivity contribution is 0.154. The smallest absolute Gasteiger partial charge is 0.0642 e. The second-order valence-electron chi connectivity index (χ2n) is 5.39. The predicted octanol–water partition coefficient (Wildman–Crippen LogP) is 3.56. The van der Waals surface area contributed by atoms with Crippen LogP contribution in [0, 0.1) is 5.92 Å². The van der Waals surface area contributed by atoms with Crippen molar-refractivity contribution in [2.24, 2.45) is 5.92 Å². The maximum atomic E-state index is 6.37. The third-order valence-corrected chi connectivity index (χ3v) is 3.40. The summed E-state index contributed by atoms with van der Waals surface area (Å²) in [5.41, 5.74) is 2.34. The van der Waals surface area contributed by atoms with Crippen LogP contribution in [0.5, 0.6) is 0 Å². The Morgan fingerprint density at radius 1 is 1.35 bits per heavy atom. The van der Waals surface area contributed by atoms with Crippen LogP contribution in [0.3, 0.4) is 0 Å². The first-order valence-corrected chi connectivity index (χ1v) is 7.71. The summed E-state index contributed by atoms with van der Waals surface area (Å²) in [5.74, 6) is 0.647. The fraction of sp³-hybridized carbons (Fsp3) is 0.625. The summed E-state index contributed by atoms with van der Waals surface area (Å²) in [4.78, 5) is 2.17. The molecule has 0 bridgehead atoms. The molecular weight excluding hydrogens is 272 g/mol. The molecule has 0 aromatic heterocycles. The molecule has 0 atom stereocenters. The normalized spacial score (nSPS) is 11.1. The summed E-state index contributed by atoms with van der Waals surface area (Å²) >= 11 is 6.37. The van der Waals surface area contributed by atoms with Crippen molar-refractivity contribution in [3.05, 3.63) is 28.8 Å². The van der Waals surface area contributed by atoms with Crippen molar-refractivity contribution in [2.75, 3.05) is 38.3 Å². The molecule has 114 valence electrons. The van der Waals surface area contributed by atoms with Gasteiger partial charge in [-0.25, -0.2) is 0 Å². The van der Waals surface area contributed by atoms with Gasteiger partial charge < -0.3 is 15.0 Å². The largest absolute Gasteiger partial charge is 0.380 e. The second kappa shape index (κ2) is 9.22. The molecule has 0 aliphatic heterocycles. The minimum Gasteiger partial charge on any atom is -0.380 e. The Morgan fingerprint density at radius 3 is 2.75 bits per heavy atom. The van der Waals surface area contributed by atoms with E-state index in [-0.39, 0.29) is 0 Å². The van der Waals surface area contributed by atoms with Crippen molar-refractivity contribution in [1.29, 1.82) is 0 Å². The van der Waals surface area contributed by atoms with Gasteiger partial charge in [-0.2, -0.15) is 0 Å². The molecule has 4 heteroatoms. The fourth-order valence-corrected chi connectivity index (χ4v) is 2.42. The Hall–Kier alpha value is -0.770. The van der Waals surface area contributed by atoms with Crippen LogP contribution < -0.4 is 10.2 Å². The SMILES string of the molecule is CCOCCN(C)c1c(Cl)cccc1CNCC(C)C. The van der Waals surface area contributed by atoms with Crippen molar-refractivity contribution < 1.29 is 4.74 Å². The van der Waals surface area contributed by atoms with Gasteiger partial charge in [0.05, 0.1) is 17.3 Å². The summed E-state index contributed by atoms with van der Waals surface area (Å²) in [6.45, 7) is 10.6. The topological polar surface area (TPSA) is 24.5 Å². The number of likely N-dealkylation sites (N-methyl/N-ethyl adjacent to an activating group) is 1. The molecule has 0 saturated carbocycles. The molecule has 0 aliphatic rings. The summed E-state index contributed by atoms with van der Waals surface area (Å²) in [6.07, 6.45) is 0. The molecule has 1 aromatic carbocycles. The number of nitrogens with zero attached hydrogens (tertiary/aromatic N) is 1. The molecule has 0 aliphatic carbocycles. The number of hydrogen-bond acceptors (Lipinski definition) is 3. The first kappa shape index (κ1) is 17.3. The Balaban J connectivity index is 2.71. The molecule has 0 spiro atoms. The van der Waals surface area contributed by atoms with Crippen LogP contribution in [0.15, 0.2) is 18.2 Å². The highest BCUT2D eigenvalue weighted by atomic mass is 35.5. The average Bonchev–Trinajstić information content (AvgIpc) is 2.38. The van der Waals surface area contributed by atoms with E-state index in [2.05, 4.69) is 37.2 Å². The van der Waals surface area contributed by atoms with Crippen molar-refractivity contribution in [3.63, 3.8) is 0 Å². The molecule has 3 nitrogen and oxygen atoms in total. The molecule has 1 N–H and O–H groups in total. The van der Waals surface area contributed by atoms with Crippen LogP contribution >= 0.6 is 11.6 Å². The fourth-order valence-electron chi connectivity index (χ4n) is 2.08. The number of rotatable bonds is 9. The standard InChI is InChI=1S/C16H27ClN2O/c1-5-20-10-9-19(4)16-14(7-6-8-15(16)17)12-18-11-13(2)3/h6-8,13,18H,5,9-12H2,1-4H3. The van der Waals surface area contributed by atoms with E-state index in [1.807, 2.05) is 19.1 Å². The molecule has 0 fully saturated rings. The lowest BCUT2D eigenvalue weighted by atomic mass is 10.1. The number of benzene rings is 1. The zero-order chi connectivity index (χ0) is 15.0. The Labute approximate surface area is 128 Å². The van der Waals surface area contributed by atoms with Gasteiger partial charge in [0.25, 0.3) is 0 Å². The Kier molecular flexibility index (Phi) is 7.97. The van der Waals surface area contributed by atoms with E-state index in [0.717, 1.165) is 43.6 Å².